The van der Waals surface area contributed by atoms with Crippen molar-refractivity contribution in [3.05, 3.63) is 59.5 Å². The Kier molecular flexibility index (Phi) is 2.84. The van der Waals surface area contributed by atoms with Gasteiger partial charge >= 0.3 is 0 Å². The third kappa shape index (κ3) is 2.13. The summed E-state index contributed by atoms with van der Waals surface area (Å²) in [6, 6.07) is 11.0. The fourth-order valence-corrected chi connectivity index (χ4v) is 2.35. The molecule has 0 spiro atoms. The maximum Gasteiger partial charge on any atom is 0.124 e. The normalized spacial score (nSPS) is 10.8. The number of aromatic hydroxyl groups is 1. The van der Waals surface area contributed by atoms with Crippen molar-refractivity contribution in [2.45, 2.75) is 0 Å². The summed E-state index contributed by atoms with van der Waals surface area (Å²) in [5, 5.41) is 10.7. The largest absolute Gasteiger partial charge is 0.508 e. The Balaban J connectivity index is 2.30. The minimum absolute atomic E-state index is 0.155. The van der Waals surface area contributed by atoms with Crippen LogP contribution in [-0.2, 0) is 0 Å². The number of hydrogen-bond acceptors (Lipinski definition) is 2. The number of benzene rings is 2. The van der Waals surface area contributed by atoms with Crippen LogP contribution in [-0.4, -0.2) is 10.1 Å². The second kappa shape index (κ2) is 4.52. The summed E-state index contributed by atoms with van der Waals surface area (Å²) in [4.78, 5) is 4.20. The van der Waals surface area contributed by atoms with Gasteiger partial charge in [-0.25, -0.2) is 4.39 Å². The van der Waals surface area contributed by atoms with Crippen LogP contribution in [0.15, 0.2) is 48.7 Å². The van der Waals surface area contributed by atoms with E-state index in [2.05, 4.69) is 4.98 Å². The molecule has 0 aliphatic rings. The topological polar surface area (TPSA) is 33.1 Å². The SMILES string of the molecule is Oc1ccc2c(-c3ccc(F)cc3Cl)ccnc2c1. The maximum absolute atomic E-state index is 13.1. The summed E-state index contributed by atoms with van der Waals surface area (Å²) in [6.45, 7) is 0. The molecule has 0 bridgehead atoms. The van der Waals surface area contributed by atoms with Gasteiger partial charge < -0.3 is 5.11 Å². The number of rotatable bonds is 1. The van der Waals surface area contributed by atoms with Crippen LogP contribution < -0.4 is 0 Å². The zero-order chi connectivity index (χ0) is 13.4. The standard InChI is InChI=1S/C15H9ClFNO/c16-14-7-9(17)1-3-12(14)11-5-6-18-15-8-10(19)2-4-13(11)15/h1-8,19H. The molecule has 0 fully saturated rings. The van der Waals surface area contributed by atoms with Gasteiger partial charge in [-0.15, -0.1) is 0 Å². The van der Waals surface area contributed by atoms with Crippen LogP contribution in [0.1, 0.15) is 0 Å². The molecule has 0 saturated heterocycles. The Labute approximate surface area is 114 Å². The van der Waals surface area contributed by atoms with Crippen molar-refractivity contribution in [3.63, 3.8) is 0 Å². The van der Waals surface area contributed by atoms with Crippen LogP contribution in [0.3, 0.4) is 0 Å². The summed E-state index contributed by atoms with van der Waals surface area (Å²) in [5.41, 5.74) is 2.26. The number of aromatic nitrogens is 1. The molecule has 3 aromatic rings. The average molecular weight is 274 g/mol. The van der Waals surface area contributed by atoms with Gasteiger partial charge in [0.15, 0.2) is 0 Å². The quantitative estimate of drug-likeness (QED) is 0.713. The Morgan fingerprint density at radius 2 is 1.84 bits per heavy atom. The van der Waals surface area contributed by atoms with E-state index >= 15 is 0 Å². The van der Waals surface area contributed by atoms with Crippen LogP contribution in [0.25, 0.3) is 22.0 Å². The van der Waals surface area contributed by atoms with Gasteiger partial charge in [0, 0.05) is 23.2 Å². The number of hydrogen-bond donors (Lipinski definition) is 1. The molecule has 94 valence electrons. The van der Waals surface area contributed by atoms with Crippen LogP contribution in [0.2, 0.25) is 5.02 Å². The van der Waals surface area contributed by atoms with Crippen molar-refractivity contribution >= 4 is 22.5 Å². The highest BCUT2D eigenvalue weighted by molar-refractivity contribution is 6.33. The van der Waals surface area contributed by atoms with Crippen molar-refractivity contribution in [3.8, 4) is 16.9 Å². The Bertz CT molecular complexity index is 773. The Morgan fingerprint density at radius 1 is 1.00 bits per heavy atom. The highest BCUT2D eigenvalue weighted by Crippen LogP contribution is 2.34. The second-order valence-electron chi connectivity index (χ2n) is 4.18. The van der Waals surface area contributed by atoms with E-state index in [1.54, 1.807) is 30.5 Å². The summed E-state index contributed by atoms with van der Waals surface area (Å²) in [7, 11) is 0. The summed E-state index contributed by atoms with van der Waals surface area (Å²) < 4.78 is 13.1. The van der Waals surface area contributed by atoms with Gasteiger partial charge in [0.2, 0.25) is 0 Å². The highest BCUT2D eigenvalue weighted by atomic mass is 35.5. The lowest BCUT2D eigenvalue weighted by Gasteiger charge is -2.08. The van der Waals surface area contributed by atoms with Crippen LogP contribution in [0.5, 0.6) is 5.75 Å². The molecule has 0 aliphatic heterocycles. The first-order valence-electron chi connectivity index (χ1n) is 5.68. The fraction of sp³-hybridized carbons (Fsp3) is 0. The molecule has 2 nitrogen and oxygen atoms in total. The summed E-state index contributed by atoms with van der Waals surface area (Å²) >= 11 is 6.09. The molecule has 1 heterocycles. The summed E-state index contributed by atoms with van der Waals surface area (Å²) in [5.74, 6) is -0.216. The van der Waals surface area contributed by atoms with E-state index in [1.807, 2.05) is 6.07 Å². The lowest BCUT2D eigenvalue weighted by atomic mass is 10.0. The lowest BCUT2D eigenvalue weighted by molar-refractivity contribution is 0.476. The number of nitrogens with zero attached hydrogens (tertiary/aromatic N) is 1. The lowest BCUT2D eigenvalue weighted by Crippen LogP contribution is -1.86. The first kappa shape index (κ1) is 11.9. The van der Waals surface area contributed by atoms with Crippen molar-refractivity contribution in [1.82, 2.24) is 4.98 Å². The second-order valence-corrected chi connectivity index (χ2v) is 4.59. The molecule has 1 aromatic heterocycles. The van der Waals surface area contributed by atoms with Crippen molar-refractivity contribution in [2.75, 3.05) is 0 Å². The number of phenols is 1. The van der Waals surface area contributed by atoms with Gasteiger partial charge in [-0.1, -0.05) is 11.6 Å². The first-order valence-corrected chi connectivity index (χ1v) is 6.06. The third-order valence-electron chi connectivity index (χ3n) is 2.95. The fourth-order valence-electron chi connectivity index (χ4n) is 2.08. The van der Waals surface area contributed by atoms with Gasteiger partial charge in [0.25, 0.3) is 0 Å². The molecule has 0 amide bonds. The minimum atomic E-state index is -0.371. The monoisotopic (exact) mass is 273 g/mol. The van der Waals surface area contributed by atoms with Gasteiger partial charge in [-0.3, -0.25) is 4.98 Å². The molecule has 4 heteroatoms. The Morgan fingerprint density at radius 3 is 2.63 bits per heavy atom. The molecule has 19 heavy (non-hydrogen) atoms. The zero-order valence-electron chi connectivity index (χ0n) is 9.77. The van der Waals surface area contributed by atoms with E-state index in [9.17, 15) is 9.50 Å². The van der Waals surface area contributed by atoms with Gasteiger partial charge in [0.1, 0.15) is 11.6 Å². The average Bonchev–Trinajstić information content (AvgIpc) is 2.38. The molecule has 0 atom stereocenters. The predicted octanol–water partition coefficient (Wildman–Crippen LogP) is 4.40. The molecule has 0 aliphatic carbocycles. The molecule has 3 rings (SSSR count). The van der Waals surface area contributed by atoms with Gasteiger partial charge in [0.05, 0.1) is 10.5 Å². The van der Waals surface area contributed by atoms with E-state index in [0.717, 1.165) is 16.5 Å². The number of pyridine rings is 1. The predicted molar refractivity (Wildman–Crippen MR) is 73.8 cm³/mol. The van der Waals surface area contributed by atoms with Gasteiger partial charge in [-0.05, 0) is 42.0 Å². The van der Waals surface area contributed by atoms with E-state index in [1.165, 1.54) is 12.1 Å². The maximum atomic E-state index is 13.1. The van der Waals surface area contributed by atoms with E-state index < -0.39 is 0 Å². The van der Waals surface area contributed by atoms with Crippen LogP contribution in [0, 0.1) is 5.82 Å². The van der Waals surface area contributed by atoms with E-state index in [0.29, 0.717) is 10.5 Å². The van der Waals surface area contributed by atoms with E-state index in [-0.39, 0.29) is 11.6 Å². The smallest absolute Gasteiger partial charge is 0.124 e. The third-order valence-corrected chi connectivity index (χ3v) is 3.26. The molecule has 0 unspecified atom stereocenters. The molecular weight excluding hydrogens is 265 g/mol. The molecule has 2 aromatic carbocycles. The summed E-state index contributed by atoms with van der Waals surface area (Å²) in [6.07, 6.45) is 1.64. The first-order chi connectivity index (χ1) is 9.15. The molecule has 0 radical (unpaired) electrons. The van der Waals surface area contributed by atoms with E-state index in [4.69, 9.17) is 11.6 Å². The van der Waals surface area contributed by atoms with Crippen molar-refractivity contribution < 1.29 is 9.50 Å². The minimum Gasteiger partial charge on any atom is -0.508 e. The number of fused-ring (bicyclic) bond motifs is 1. The number of halogens is 2. The van der Waals surface area contributed by atoms with Crippen LogP contribution in [0.4, 0.5) is 4.39 Å². The highest BCUT2D eigenvalue weighted by Gasteiger charge is 2.09. The molecular formula is C15H9ClFNO. The van der Waals surface area contributed by atoms with Crippen molar-refractivity contribution in [2.24, 2.45) is 0 Å². The molecule has 0 saturated carbocycles. The molecule has 1 N–H and O–H groups in total. The van der Waals surface area contributed by atoms with Gasteiger partial charge in [-0.2, -0.15) is 0 Å². The Hall–Kier alpha value is -2.13. The van der Waals surface area contributed by atoms with Crippen molar-refractivity contribution in [1.29, 1.82) is 0 Å². The van der Waals surface area contributed by atoms with Crippen LogP contribution >= 0.6 is 11.6 Å². The number of phenolic OH excluding ortho intramolecular Hbond substituents is 1. The zero-order valence-corrected chi connectivity index (χ0v) is 10.5.